The Morgan fingerprint density at radius 2 is 2.04 bits per heavy atom. The van der Waals surface area contributed by atoms with Crippen molar-refractivity contribution >= 4 is 5.91 Å². The van der Waals surface area contributed by atoms with E-state index in [4.69, 9.17) is 9.47 Å². The molecule has 0 saturated carbocycles. The number of amides is 1. The van der Waals surface area contributed by atoms with Gasteiger partial charge in [0, 0.05) is 30.7 Å². The maximum absolute atomic E-state index is 12.2. The standard InChI is InChI=1S/C18H28N2O3/c1-18(2,3)19-17(21)15-6-4-7-16(14-15)23-11-5-8-20-9-12-22-13-10-20/h4,6-7,14H,5,8-13H2,1-3H3,(H,19,21). The summed E-state index contributed by atoms with van der Waals surface area (Å²) >= 11 is 0. The number of morpholine rings is 1. The largest absolute Gasteiger partial charge is 0.494 e. The highest BCUT2D eigenvalue weighted by atomic mass is 16.5. The van der Waals surface area contributed by atoms with Gasteiger partial charge in [-0.2, -0.15) is 0 Å². The van der Waals surface area contributed by atoms with Crippen molar-refractivity contribution in [3.63, 3.8) is 0 Å². The van der Waals surface area contributed by atoms with E-state index in [9.17, 15) is 4.79 Å². The number of carbonyl (C=O) groups is 1. The van der Waals surface area contributed by atoms with Gasteiger partial charge in [0.1, 0.15) is 5.75 Å². The van der Waals surface area contributed by atoms with Gasteiger partial charge in [-0.3, -0.25) is 9.69 Å². The van der Waals surface area contributed by atoms with Crippen LogP contribution in [0.5, 0.6) is 5.75 Å². The van der Waals surface area contributed by atoms with Crippen LogP contribution in [-0.4, -0.2) is 55.8 Å². The zero-order valence-corrected chi connectivity index (χ0v) is 14.4. The van der Waals surface area contributed by atoms with Crippen molar-refractivity contribution < 1.29 is 14.3 Å². The first-order valence-electron chi connectivity index (χ1n) is 8.29. The zero-order valence-electron chi connectivity index (χ0n) is 14.4. The Balaban J connectivity index is 1.77. The Hall–Kier alpha value is -1.59. The SMILES string of the molecule is CC(C)(C)NC(=O)c1cccc(OCCCN2CCOCC2)c1. The number of nitrogens with one attached hydrogen (secondary N) is 1. The molecule has 0 aromatic heterocycles. The second kappa shape index (κ2) is 8.31. The monoisotopic (exact) mass is 320 g/mol. The first-order chi connectivity index (χ1) is 10.9. The number of benzene rings is 1. The topological polar surface area (TPSA) is 50.8 Å². The highest BCUT2D eigenvalue weighted by molar-refractivity contribution is 5.95. The molecule has 0 spiro atoms. The minimum Gasteiger partial charge on any atom is -0.494 e. The average molecular weight is 320 g/mol. The smallest absolute Gasteiger partial charge is 0.251 e. The summed E-state index contributed by atoms with van der Waals surface area (Å²) in [6.45, 7) is 11.2. The first-order valence-corrected chi connectivity index (χ1v) is 8.29. The molecule has 23 heavy (non-hydrogen) atoms. The summed E-state index contributed by atoms with van der Waals surface area (Å²) in [6, 6.07) is 7.36. The minimum absolute atomic E-state index is 0.0729. The summed E-state index contributed by atoms with van der Waals surface area (Å²) in [5.74, 6) is 0.671. The number of ether oxygens (including phenoxy) is 2. The van der Waals surface area contributed by atoms with Crippen molar-refractivity contribution in [3.05, 3.63) is 29.8 Å². The lowest BCUT2D eigenvalue weighted by atomic mass is 10.1. The van der Waals surface area contributed by atoms with Crippen LogP contribution >= 0.6 is 0 Å². The Morgan fingerprint density at radius 3 is 2.74 bits per heavy atom. The molecule has 0 aliphatic carbocycles. The molecule has 1 aliphatic rings. The molecular weight excluding hydrogens is 292 g/mol. The molecule has 128 valence electrons. The van der Waals surface area contributed by atoms with E-state index in [1.165, 1.54) is 0 Å². The van der Waals surface area contributed by atoms with Gasteiger partial charge in [0.25, 0.3) is 5.91 Å². The lowest BCUT2D eigenvalue weighted by Gasteiger charge is -2.26. The lowest BCUT2D eigenvalue weighted by molar-refractivity contribution is 0.0358. The first kappa shape index (κ1) is 17.8. The van der Waals surface area contributed by atoms with Crippen LogP contribution in [0.3, 0.4) is 0 Å². The lowest BCUT2D eigenvalue weighted by Crippen LogP contribution is -2.40. The normalized spacial score (nSPS) is 16.1. The number of nitrogens with zero attached hydrogens (tertiary/aromatic N) is 1. The van der Waals surface area contributed by atoms with E-state index in [1.54, 1.807) is 6.07 Å². The predicted molar refractivity (Wildman–Crippen MR) is 91.0 cm³/mol. The van der Waals surface area contributed by atoms with Crippen LogP contribution < -0.4 is 10.1 Å². The van der Waals surface area contributed by atoms with Crippen LogP contribution in [0.4, 0.5) is 0 Å². The van der Waals surface area contributed by atoms with Crippen molar-refractivity contribution in [2.24, 2.45) is 0 Å². The number of hydrogen-bond acceptors (Lipinski definition) is 4. The molecule has 1 N–H and O–H groups in total. The van der Waals surface area contributed by atoms with E-state index in [-0.39, 0.29) is 11.4 Å². The molecule has 0 unspecified atom stereocenters. The van der Waals surface area contributed by atoms with Gasteiger partial charge < -0.3 is 14.8 Å². The summed E-state index contributed by atoms with van der Waals surface area (Å²) in [5, 5.41) is 2.96. The molecule has 5 nitrogen and oxygen atoms in total. The van der Waals surface area contributed by atoms with Crippen molar-refractivity contribution in [1.29, 1.82) is 0 Å². The van der Waals surface area contributed by atoms with Gasteiger partial charge in [0.15, 0.2) is 0 Å². The van der Waals surface area contributed by atoms with Crippen molar-refractivity contribution in [2.45, 2.75) is 32.7 Å². The van der Waals surface area contributed by atoms with E-state index < -0.39 is 0 Å². The van der Waals surface area contributed by atoms with Gasteiger partial charge in [0.05, 0.1) is 19.8 Å². The second-order valence-corrected chi connectivity index (χ2v) is 6.89. The number of carbonyl (C=O) groups excluding carboxylic acids is 1. The third-order valence-corrected chi connectivity index (χ3v) is 3.58. The molecule has 2 rings (SSSR count). The van der Waals surface area contributed by atoms with E-state index in [2.05, 4.69) is 10.2 Å². The molecule has 1 saturated heterocycles. The van der Waals surface area contributed by atoms with Crippen LogP contribution in [0.15, 0.2) is 24.3 Å². The van der Waals surface area contributed by atoms with Crippen LogP contribution in [0, 0.1) is 0 Å². The van der Waals surface area contributed by atoms with Crippen molar-refractivity contribution in [3.8, 4) is 5.75 Å². The molecule has 0 bridgehead atoms. The maximum atomic E-state index is 12.2. The van der Waals surface area contributed by atoms with E-state index in [1.807, 2.05) is 39.0 Å². The molecular formula is C18H28N2O3. The van der Waals surface area contributed by atoms with Gasteiger partial charge >= 0.3 is 0 Å². The average Bonchev–Trinajstić information content (AvgIpc) is 2.51. The molecule has 0 atom stereocenters. The fraction of sp³-hybridized carbons (Fsp3) is 0.611. The summed E-state index contributed by atoms with van der Waals surface area (Å²) < 4.78 is 11.1. The molecule has 1 aliphatic heterocycles. The Kier molecular flexibility index (Phi) is 6.42. The Bertz CT molecular complexity index is 505. The van der Waals surface area contributed by atoms with Crippen LogP contribution in [0.2, 0.25) is 0 Å². The third kappa shape index (κ3) is 6.59. The van der Waals surface area contributed by atoms with Gasteiger partial charge in [-0.15, -0.1) is 0 Å². The zero-order chi connectivity index (χ0) is 16.7. The minimum atomic E-state index is -0.244. The predicted octanol–water partition coefficient (Wildman–Crippen LogP) is 2.32. The van der Waals surface area contributed by atoms with Crippen LogP contribution in [0.25, 0.3) is 0 Å². The molecule has 1 fully saturated rings. The van der Waals surface area contributed by atoms with Gasteiger partial charge in [0.2, 0.25) is 0 Å². The summed E-state index contributed by atoms with van der Waals surface area (Å²) in [7, 11) is 0. The van der Waals surface area contributed by atoms with E-state index in [0.717, 1.165) is 45.0 Å². The van der Waals surface area contributed by atoms with Crippen LogP contribution in [-0.2, 0) is 4.74 Å². The summed E-state index contributed by atoms with van der Waals surface area (Å²) in [5.41, 5.74) is 0.386. The van der Waals surface area contributed by atoms with Crippen LogP contribution in [0.1, 0.15) is 37.6 Å². The molecule has 1 aromatic carbocycles. The summed E-state index contributed by atoms with van der Waals surface area (Å²) in [6.07, 6.45) is 0.971. The molecule has 1 amide bonds. The highest BCUT2D eigenvalue weighted by Crippen LogP contribution is 2.14. The van der Waals surface area contributed by atoms with Crippen molar-refractivity contribution in [1.82, 2.24) is 10.2 Å². The van der Waals surface area contributed by atoms with Gasteiger partial charge in [-0.25, -0.2) is 0 Å². The van der Waals surface area contributed by atoms with Gasteiger partial charge in [-0.1, -0.05) is 6.07 Å². The number of hydrogen-bond donors (Lipinski definition) is 1. The third-order valence-electron chi connectivity index (χ3n) is 3.58. The molecule has 1 aromatic rings. The van der Waals surface area contributed by atoms with Gasteiger partial charge in [-0.05, 0) is 45.4 Å². The number of rotatable bonds is 6. The molecule has 1 heterocycles. The fourth-order valence-electron chi connectivity index (χ4n) is 2.44. The van der Waals surface area contributed by atoms with E-state index >= 15 is 0 Å². The van der Waals surface area contributed by atoms with Crippen molar-refractivity contribution in [2.75, 3.05) is 39.5 Å². The summed E-state index contributed by atoms with van der Waals surface area (Å²) in [4.78, 5) is 14.6. The quantitative estimate of drug-likeness (QED) is 0.817. The molecule has 0 radical (unpaired) electrons. The second-order valence-electron chi connectivity index (χ2n) is 6.89. The highest BCUT2D eigenvalue weighted by Gasteiger charge is 2.15. The molecule has 5 heteroatoms. The Morgan fingerprint density at radius 1 is 1.30 bits per heavy atom. The fourth-order valence-corrected chi connectivity index (χ4v) is 2.44. The Labute approximate surface area is 139 Å². The van der Waals surface area contributed by atoms with E-state index in [0.29, 0.717) is 12.2 Å². The maximum Gasteiger partial charge on any atom is 0.251 e.